The number of halogens is 1. The van der Waals surface area contributed by atoms with Crippen LogP contribution in [0.2, 0.25) is 5.02 Å². The minimum Gasteiger partial charge on any atom is -0.366 e. The fourth-order valence-corrected chi connectivity index (χ4v) is 3.96. The van der Waals surface area contributed by atoms with Crippen LogP contribution >= 0.6 is 11.6 Å². The van der Waals surface area contributed by atoms with E-state index in [9.17, 15) is 9.59 Å². The zero-order valence-corrected chi connectivity index (χ0v) is 16.0. The molecular weight excluding hydrogens is 360 g/mol. The van der Waals surface area contributed by atoms with Crippen molar-refractivity contribution in [1.29, 1.82) is 0 Å². The molecule has 1 saturated heterocycles. The predicted octanol–water partition coefficient (Wildman–Crippen LogP) is 4.42. The van der Waals surface area contributed by atoms with E-state index in [0.29, 0.717) is 22.0 Å². The maximum Gasteiger partial charge on any atom is 0.282 e. The Morgan fingerprint density at radius 2 is 1.52 bits per heavy atom. The van der Waals surface area contributed by atoms with Crippen LogP contribution in [0, 0.1) is 6.92 Å². The lowest BCUT2D eigenvalue weighted by atomic mass is 10.0. The van der Waals surface area contributed by atoms with Gasteiger partial charge in [0.1, 0.15) is 5.70 Å². The monoisotopic (exact) mass is 380 g/mol. The lowest BCUT2D eigenvalue weighted by Crippen LogP contribution is -2.37. The normalized spacial score (nSPS) is 17.9. The van der Waals surface area contributed by atoms with Crippen LogP contribution in [0.1, 0.15) is 30.4 Å². The summed E-state index contributed by atoms with van der Waals surface area (Å²) in [5, 5.41) is 0.603. The zero-order valence-electron chi connectivity index (χ0n) is 15.2. The summed E-state index contributed by atoms with van der Waals surface area (Å²) in [6.45, 7) is 3.51. The number of carbonyl (C=O) groups excluding carboxylic acids is 2. The van der Waals surface area contributed by atoms with Crippen molar-refractivity contribution in [2.24, 2.45) is 0 Å². The molecule has 2 amide bonds. The molecule has 4 nitrogen and oxygen atoms in total. The Kier molecular flexibility index (Phi) is 4.75. The van der Waals surface area contributed by atoms with Crippen LogP contribution in [-0.4, -0.2) is 29.8 Å². The molecule has 0 unspecified atom stereocenters. The first-order valence-electron chi connectivity index (χ1n) is 9.27. The molecule has 2 aromatic rings. The number of aryl methyl sites for hydroxylation is 1. The average molecular weight is 381 g/mol. The third-order valence-electron chi connectivity index (χ3n) is 5.22. The Morgan fingerprint density at radius 1 is 0.852 bits per heavy atom. The summed E-state index contributed by atoms with van der Waals surface area (Å²) >= 11 is 6.03. The number of piperidine rings is 1. The molecule has 0 spiro atoms. The average Bonchev–Trinajstić information content (AvgIpc) is 2.94. The molecule has 2 aliphatic rings. The Bertz CT molecular complexity index is 928. The SMILES string of the molecule is Cc1ccccc1N1C(=O)C(c2ccc(Cl)cc2)=C(N2CCCCC2)C1=O. The van der Waals surface area contributed by atoms with Crippen molar-refractivity contribution in [2.45, 2.75) is 26.2 Å². The first-order chi connectivity index (χ1) is 13.1. The molecule has 2 aromatic carbocycles. The fraction of sp³-hybridized carbons (Fsp3) is 0.273. The number of benzene rings is 2. The van der Waals surface area contributed by atoms with E-state index in [2.05, 4.69) is 4.90 Å². The summed E-state index contributed by atoms with van der Waals surface area (Å²) < 4.78 is 0. The van der Waals surface area contributed by atoms with Gasteiger partial charge in [-0.3, -0.25) is 9.59 Å². The van der Waals surface area contributed by atoms with Crippen LogP contribution in [0.15, 0.2) is 54.2 Å². The quantitative estimate of drug-likeness (QED) is 0.740. The molecule has 1 fully saturated rings. The van der Waals surface area contributed by atoms with Crippen molar-refractivity contribution in [3.05, 3.63) is 70.4 Å². The summed E-state index contributed by atoms with van der Waals surface area (Å²) in [5.41, 5.74) is 3.27. The summed E-state index contributed by atoms with van der Waals surface area (Å²) in [6, 6.07) is 14.6. The van der Waals surface area contributed by atoms with E-state index in [1.54, 1.807) is 12.1 Å². The van der Waals surface area contributed by atoms with Gasteiger partial charge in [0.05, 0.1) is 11.3 Å². The Labute approximate surface area is 164 Å². The number of hydrogen-bond acceptors (Lipinski definition) is 3. The van der Waals surface area contributed by atoms with Gasteiger partial charge in [-0.2, -0.15) is 0 Å². The molecule has 0 atom stereocenters. The van der Waals surface area contributed by atoms with Crippen LogP contribution in [-0.2, 0) is 9.59 Å². The third-order valence-corrected chi connectivity index (χ3v) is 5.47. The Morgan fingerprint density at radius 3 is 2.19 bits per heavy atom. The minimum absolute atomic E-state index is 0.235. The highest BCUT2D eigenvalue weighted by Gasteiger charge is 2.43. The molecular formula is C22H21ClN2O2. The number of likely N-dealkylation sites (tertiary alicyclic amines) is 1. The first-order valence-corrected chi connectivity index (χ1v) is 9.65. The number of hydrogen-bond donors (Lipinski definition) is 0. The lowest BCUT2D eigenvalue weighted by molar-refractivity contribution is -0.120. The number of anilines is 1. The second-order valence-electron chi connectivity index (χ2n) is 7.01. The molecule has 0 N–H and O–H groups in total. The number of carbonyl (C=O) groups is 2. The topological polar surface area (TPSA) is 40.6 Å². The van der Waals surface area contributed by atoms with Gasteiger partial charge in [-0.15, -0.1) is 0 Å². The van der Waals surface area contributed by atoms with Crippen LogP contribution < -0.4 is 4.90 Å². The van der Waals surface area contributed by atoms with Crippen LogP contribution in [0.5, 0.6) is 0 Å². The van der Waals surface area contributed by atoms with Crippen LogP contribution in [0.3, 0.4) is 0 Å². The molecule has 5 heteroatoms. The first kappa shape index (κ1) is 17.8. The van der Waals surface area contributed by atoms with Gasteiger partial charge in [-0.05, 0) is 55.5 Å². The van der Waals surface area contributed by atoms with Crippen molar-refractivity contribution >= 4 is 34.7 Å². The minimum atomic E-state index is -0.266. The largest absolute Gasteiger partial charge is 0.366 e. The van der Waals surface area contributed by atoms with E-state index in [4.69, 9.17) is 11.6 Å². The highest BCUT2D eigenvalue weighted by atomic mass is 35.5. The van der Waals surface area contributed by atoms with E-state index in [0.717, 1.165) is 43.5 Å². The number of imide groups is 1. The van der Waals surface area contributed by atoms with Crippen molar-refractivity contribution in [2.75, 3.05) is 18.0 Å². The lowest BCUT2D eigenvalue weighted by Gasteiger charge is -2.29. The molecule has 0 saturated carbocycles. The smallest absolute Gasteiger partial charge is 0.282 e. The van der Waals surface area contributed by atoms with Gasteiger partial charge >= 0.3 is 0 Å². The summed E-state index contributed by atoms with van der Waals surface area (Å²) in [5.74, 6) is -0.502. The maximum absolute atomic E-state index is 13.4. The van der Waals surface area contributed by atoms with Crippen molar-refractivity contribution in [3.63, 3.8) is 0 Å². The van der Waals surface area contributed by atoms with E-state index in [1.807, 2.05) is 43.3 Å². The summed E-state index contributed by atoms with van der Waals surface area (Å²) in [6.07, 6.45) is 3.22. The third kappa shape index (κ3) is 3.15. The van der Waals surface area contributed by atoms with Gasteiger partial charge in [-0.25, -0.2) is 4.90 Å². The Hall–Kier alpha value is -2.59. The summed E-state index contributed by atoms with van der Waals surface area (Å²) in [4.78, 5) is 30.2. The second-order valence-corrected chi connectivity index (χ2v) is 7.45. The molecule has 0 aromatic heterocycles. The molecule has 0 bridgehead atoms. The van der Waals surface area contributed by atoms with Gasteiger partial charge in [0.2, 0.25) is 0 Å². The second kappa shape index (κ2) is 7.20. The molecule has 2 heterocycles. The van der Waals surface area contributed by atoms with Gasteiger partial charge in [-0.1, -0.05) is 41.9 Å². The van der Waals surface area contributed by atoms with Gasteiger partial charge in [0, 0.05) is 18.1 Å². The van der Waals surface area contributed by atoms with E-state index in [1.165, 1.54) is 4.90 Å². The molecule has 138 valence electrons. The number of rotatable bonds is 3. The van der Waals surface area contributed by atoms with E-state index < -0.39 is 0 Å². The number of nitrogens with zero attached hydrogens (tertiary/aromatic N) is 2. The van der Waals surface area contributed by atoms with Crippen LogP contribution in [0.25, 0.3) is 5.57 Å². The fourth-order valence-electron chi connectivity index (χ4n) is 3.84. The standard InChI is InChI=1S/C22H21ClN2O2/c1-15-7-3-4-8-18(15)25-21(26)19(16-9-11-17(23)12-10-16)20(22(25)27)24-13-5-2-6-14-24/h3-4,7-12H,2,5-6,13-14H2,1H3. The molecule has 0 aliphatic carbocycles. The van der Waals surface area contributed by atoms with E-state index >= 15 is 0 Å². The van der Waals surface area contributed by atoms with E-state index in [-0.39, 0.29) is 11.8 Å². The number of para-hydroxylation sites is 1. The molecule has 2 aliphatic heterocycles. The summed E-state index contributed by atoms with van der Waals surface area (Å²) in [7, 11) is 0. The highest BCUT2D eigenvalue weighted by Crippen LogP contribution is 2.37. The van der Waals surface area contributed by atoms with Gasteiger partial charge in [0.15, 0.2) is 0 Å². The van der Waals surface area contributed by atoms with Gasteiger partial charge < -0.3 is 4.90 Å². The molecule has 4 rings (SSSR count). The van der Waals surface area contributed by atoms with Gasteiger partial charge in [0.25, 0.3) is 11.8 Å². The highest BCUT2D eigenvalue weighted by molar-refractivity contribution is 6.45. The van der Waals surface area contributed by atoms with Crippen molar-refractivity contribution in [1.82, 2.24) is 4.90 Å². The van der Waals surface area contributed by atoms with Crippen LogP contribution in [0.4, 0.5) is 5.69 Å². The number of amides is 2. The maximum atomic E-state index is 13.4. The van der Waals surface area contributed by atoms with Crippen molar-refractivity contribution in [3.8, 4) is 0 Å². The Balaban J connectivity index is 1.84. The molecule has 0 radical (unpaired) electrons. The predicted molar refractivity (Wildman–Crippen MR) is 107 cm³/mol. The zero-order chi connectivity index (χ0) is 19.0. The van der Waals surface area contributed by atoms with Crippen molar-refractivity contribution < 1.29 is 9.59 Å². The molecule has 27 heavy (non-hydrogen) atoms.